The minimum atomic E-state index is -1.37. The number of benzene rings is 2. The number of aromatic nitrogens is 1. The first kappa shape index (κ1) is 28.8. The zero-order valence-electron chi connectivity index (χ0n) is 21.5. The fourth-order valence-electron chi connectivity index (χ4n) is 4.27. The van der Waals surface area contributed by atoms with E-state index in [0.29, 0.717) is 35.8 Å². The van der Waals surface area contributed by atoms with Crippen LogP contribution in [-0.2, 0) is 20.8 Å². The Kier molecular flexibility index (Phi) is 9.39. The van der Waals surface area contributed by atoms with Crippen molar-refractivity contribution in [2.24, 2.45) is 0 Å². The van der Waals surface area contributed by atoms with Crippen molar-refractivity contribution in [2.75, 3.05) is 18.6 Å². The summed E-state index contributed by atoms with van der Waals surface area (Å²) in [5, 5.41) is 17.2. The zero-order valence-corrected chi connectivity index (χ0v) is 23.9. The Balaban J connectivity index is 1.31. The van der Waals surface area contributed by atoms with E-state index in [4.69, 9.17) is 11.6 Å². The Morgan fingerprint density at radius 2 is 1.97 bits per heavy atom. The van der Waals surface area contributed by atoms with Gasteiger partial charge in [0, 0.05) is 34.9 Å². The molecule has 0 bridgehead atoms. The number of fused-ring (bicyclic) bond motifs is 1. The number of nitrogens with one attached hydrogen (secondary N) is 3. The molecule has 4 N–H and O–H groups in total. The zero-order chi connectivity index (χ0) is 28.1. The number of nitrogens with zero attached hydrogens (tertiary/aromatic N) is 3. The summed E-state index contributed by atoms with van der Waals surface area (Å²) in [7, 11) is 1.70. The largest absolute Gasteiger partial charge is 0.383 e. The second-order valence-corrected chi connectivity index (χ2v) is 10.7. The monoisotopic (exact) mass is 616 g/mol. The molecular weight excluding hydrogens is 588 g/mol. The third kappa shape index (κ3) is 7.24. The molecule has 1 aliphatic heterocycles. The minimum Gasteiger partial charge on any atom is -0.383 e. The summed E-state index contributed by atoms with van der Waals surface area (Å²) >= 11 is 9.56. The van der Waals surface area contributed by atoms with E-state index in [1.54, 1.807) is 31.3 Å². The van der Waals surface area contributed by atoms with Gasteiger partial charge in [-0.2, -0.15) is 0 Å². The van der Waals surface area contributed by atoms with Gasteiger partial charge in [-0.15, -0.1) is 0 Å². The quantitative estimate of drug-likeness (QED) is 0.286. The summed E-state index contributed by atoms with van der Waals surface area (Å²) in [5.41, 5.74) is 7.19. The predicted molar refractivity (Wildman–Crippen MR) is 153 cm³/mol. The third-order valence-electron chi connectivity index (χ3n) is 6.43. The van der Waals surface area contributed by atoms with E-state index >= 15 is 0 Å². The van der Waals surface area contributed by atoms with Gasteiger partial charge in [-0.3, -0.25) is 29.8 Å². The molecule has 1 aliphatic rings. The molecule has 4 rings (SSSR count). The third-order valence-corrected chi connectivity index (χ3v) is 7.29. The average Bonchev–Trinajstić information content (AvgIpc) is 2.93. The molecule has 39 heavy (non-hydrogen) atoms. The Morgan fingerprint density at radius 3 is 2.74 bits per heavy atom. The molecule has 2 heterocycles. The van der Waals surface area contributed by atoms with E-state index in [2.05, 4.69) is 37.1 Å². The first-order chi connectivity index (χ1) is 18.6. The van der Waals surface area contributed by atoms with Crippen LogP contribution in [0, 0.1) is 0 Å². The number of amides is 3. The number of aliphatic hydroxyl groups is 1. The Morgan fingerprint density at radius 1 is 1.23 bits per heavy atom. The number of hydrazine groups is 2. The van der Waals surface area contributed by atoms with Crippen LogP contribution in [-0.4, -0.2) is 64.6 Å². The Bertz CT molecular complexity index is 1380. The molecule has 3 atom stereocenters. The highest BCUT2D eigenvalue weighted by atomic mass is 79.9. The van der Waals surface area contributed by atoms with Gasteiger partial charge in [0.15, 0.2) is 0 Å². The maximum atomic E-state index is 13.0. The maximum absolute atomic E-state index is 13.0. The lowest BCUT2D eigenvalue weighted by Crippen LogP contribution is -2.62. The SMILES string of the molecule is C[C@H](NC(=O)[C@@H](O)Cc1ccccc1Cl)C(=O)N1CCC[C@@H](C(=O)NN(C)c2ccc3ccc(Br)cc3n2)N1. The average molecular weight is 618 g/mol. The van der Waals surface area contributed by atoms with Crippen LogP contribution in [0.1, 0.15) is 25.3 Å². The van der Waals surface area contributed by atoms with Gasteiger partial charge in [0.25, 0.3) is 11.8 Å². The lowest BCUT2D eigenvalue weighted by atomic mass is 10.1. The number of carbonyl (C=O) groups excluding carboxylic acids is 3. The van der Waals surface area contributed by atoms with Gasteiger partial charge in [-0.25, -0.2) is 10.4 Å². The molecule has 0 unspecified atom stereocenters. The fraction of sp³-hybridized carbons (Fsp3) is 0.333. The van der Waals surface area contributed by atoms with Crippen LogP contribution in [0.2, 0.25) is 5.02 Å². The molecule has 1 aromatic heterocycles. The van der Waals surface area contributed by atoms with Crippen LogP contribution in [0.4, 0.5) is 5.82 Å². The van der Waals surface area contributed by atoms with Crippen molar-refractivity contribution in [3.63, 3.8) is 0 Å². The highest BCUT2D eigenvalue weighted by molar-refractivity contribution is 9.10. The number of anilines is 1. The lowest BCUT2D eigenvalue weighted by Gasteiger charge is -2.35. The van der Waals surface area contributed by atoms with Crippen molar-refractivity contribution in [1.29, 1.82) is 0 Å². The molecule has 12 heteroatoms. The van der Waals surface area contributed by atoms with Gasteiger partial charge >= 0.3 is 0 Å². The number of hydrogen-bond acceptors (Lipinski definition) is 7. The van der Waals surface area contributed by atoms with Crippen LogP contribution >= 0.6 is 27.5 Å². The highest BCUT2D eigenvalue weighted by Crippen LogP contribution is 2.21. The maximum Gasteiger partial charge on any atom is 0.258 e. The first-order valence-corrected chi connectivity index (χ1v) is 13.7. The van der Waals surface area contributed by atoms with Crippen LogP contribution < -0.4 is 21.2 Å². The van der Waals surface area contributed by atoms with Crippen molar-refractivity contribution in [1.82, 2.24) is 26.2 Å². The van der Waals surface area contributed by atoms with Gasteiger partial charge in [0.05, 0.1) is 5.52 Å². The summed E-state index contributed by atoms with van der Waals surface area (Å²) in [5.74, 6) is -0.859. The van der Waals surface area contributed by atoms with E-state index in [0.717, 1.165) is 15.4 Å². The second-order valence-electron chi connectivity index (χ2n) is 9.40. The van der Waals surface area contributed by atoms with Crippen LogP contribution in [0.5, 0.6) is 0 Å². The topological polar surface area (TPSA) is 127 Å². The lowest BCUT2D eigenvalue weighted by molar-refractivity contribution is -0.144. The van der Waals surface area contributed by atoms with Crippen molar-refractivity contribution in [3.8, 4) is 0 Å². The molecule has 206 valence electrons. The molecule has 3 aromatic rings. The second kappa shape index (κ2) is 12.7. The smallest absolute Gasteiger partial charge is 0.258 e. The van der Waals surface area contributed by atoms with Crippen molar-refractivity contribution < 1.29 is 19.5 Å². The summed E-state index contributed by atoms with van der Waals surface area (Å²) in [4.78, 5) is 43.1. The molecule has 3 amide bonds. The van der Waals surface area contributed by atoms with Gasteiger partial charge in [0.2, 0.25) is 5.91 Å². The van der Waals surface area contributed by atoms with Crippen LogP contribution in [0.3, 0.4) is 0 Å². The molecule has 1 saturated heterocycles. The van der Waals surface area contributed by atoms with E-state index in [1.165, 1.54) is 16.9 Å². The van der Waals surface area contributed by atoms with E-state index in [9.17, 15) is 19.5 Å². The van der Waals surface area contributed by atoms with Crippen molar-refractivity contribution >= 4 is 62.0 Å². The van der Waals surface area contributed by atoms with Crippen molar-refractivity contribution in [2.45, 2.75) is 44.4 Å². The summed E-state index contributed by atoms with van der Waals surface area (Å²) in [6.45, 7) is 1.91. The number of rotatable bonds is 8. The van der Waals surface area contributed by atoms with E-state index < -0.39 is 30.0 Å². The molecule has 0 aliphatic carbocycles. The number of aliphatic hydroxyl groups excluding tert-OH is 1. The van der Waals surface area contributed by atoms with Crippen molar-refractivity contribution in [3.05, 3.63) is 69.7 Å². The highest BCUT2D eigenvalue weighted by Gasteiger charge is 2.32. The normalized spacial score (nSPS) is 16.8. The van der Waals surface area contributed by atoms with E-state index in [1.807, 2.05) is 30.3 Å². The van der Waals surface area contributed by atoms with E-state index in [-0.39, 0.29) is 12.3 Å². The molecule has 0 radical (unpaired) electrons. The molecule has 2 aromatic carbocycles. The Labute approximate surface area is 239 Å². The van der Waals surface area contributed by atoms with Gasteiger partial charge in [-0.1, -0.05) is 51.8 Å². The van der Waals surface area contributed by atoms with Crippen LogP contribution in [0.25, 0.3) is 10.9 Å². The number of hydrogen-bond donors (Lipinski definition) is 4. The number of pyridine rings is 1. The predicted octanol–water partition coefficient (Wildman–Crippen LogP) is 2.72. The first-order valence-electron chi connectivity index (χ1n) is 12.5. The molecule has 0 saturated carbocycles. The summed E-state index contributed by atoms with van der Waals surface area (Å²) < 4.78 is 0.906. The number of carbonyl (C=O) groups is 3. The molecule has 0 spiro atoms. The summed E-state index contributed by atoms with van der Waals surface area (Å²) in [6, 6.07) is 14.9. The summed E-state index contributed by atoms with van der Waals surface area (Å²) in [6.07, 6.45) is -0.224. The number of halogens is 2. The van der Waals surface area contributed by atoms with Gasteiger partial charge in [0.1, 0.15) is 24.0 Å². The van der Waals surface area contributed by atoms with Gasteiger partial charge < -0.3 is 10.4 Å². The Hall–Kier alpha value is -3.25. The van der Waals surface area contributed by atoms with Crippen LogP contribution in [0.15, 0.2) is 59.1 Å². The fourth-order valence-corrected chi connectivity index (χ4v) is 4.83. The molecule has 1 fully saturated rings. The van der Waals surface area contributed by atoms with Gasteiger partial charge in [-0.05, 0) is 55.7 Å². The molecular formula is C27H30BrClN6O4. The molecule has 10 nitrogen and oxygen atoms in total. The minimum absolute atomic E-state index is 0.0213. The standard InChI is InChI=1S/C27H30BrClN6O4/c1-16(30-26(38)23(36)14-18-6-3-4-7-20(18)29)27(39)35-13-5-8-21(32-35)25(37)33-34(2)24-12-10-17-9-11-19(28)15-22(17)31-24/h3-4,6-7,9-12,15-16,21,23,32,36H,5,8,13-14H2,1-2H3,(H,30,38)(H,33,37)/t16-,21-,23-/m0/s1.